The number of hydrogen-bond donors (Lipinski definition) is 0. The van der Waals surface area contributed by atoms with Crippen LogP contribution in [0.1, 0.15) is 130 Å². The predicted octanol–water partition coefficient (Wildman–Crippen LogP) is 12.9. The van der Waals surface area contributed by atoms with Gasteiger partial charge in [0.05, 0.1) is 0 Å². The Balaban J connectivity index is 1.74. The van der Waals surface area contributed by atoms with Gasteiger partial charge in [-0.25, -0.2) is 0 Å². The SMILES string of the molecule is CCCc1cc(CCC)c(N2CCN(c3c(CCC)cc(CCC)cc3CCC)[C]2=[Ru]([Cl])([Cl])=[C]2C=C(c3ccccc3)c3ccccc32)c(CCC)c1. The molecule has 4 aromatic carbocycles. The average molecular weight is 837 g/mol. The fourth-order valence-electron chi connectivity index (χ4n) is 8.56. The second kappa shape index (κ2) is 18.2. The molecule has 5 heteroatoms. The molecule has 0 aromatic heterocycles. The van der Waals surface area contributed by atoms with Gasteiger partial charge in [0.1, 0.15) is 0 Å². The van der Waals surface area contributed by atoms with Gasteiger partial charge in [-0.1, -0.05) is 0 Å². The van der Waals surface area contributed by atoms with E-state index < -0.39 is 11.9 Å². The number of hydrogen-bond acceptors (Lipinski definition) is 2. The molecule has 1 saturated heterocycles. The number of rotatable bonds is 15. The van der Waals surface area contributed by atoms with Crippen LogP contribution < -0.4 is 9.80 Å². The van der Waals surface area contributed by atoms with E-state index in [-0.39, 0.29) is 0 Å². The molecule has 0 saturated carbocycles. The Bertz CT molecular complexity index is 1930. The fourth-order valence-corrected chi connectivity index (χ4v) is 15.5. The van der Waals surface area contributed by atoms with Gasteiger partial charge in [-0.2, -0.15) is 0 Å². The van der Waals surface area contributed by atoms with Gasteiger partial charge in [0.15, 0.2) is 0 Å². The maximum atomic E-state index is 8.33. The molecule has 4 aromatic rings. The number of nitrogens with zero attached hydrogens (tertiary/aromatic N) is 2. The monoisotopic (exact) mass is 836 g/mol. The van der Waals surface area contributed by atoms with Gasteiger partial charge in [0, 0.05) is 0 Å². The van der Waals surface area contributed by atoms with Gasteiger partial charge in [-0.05, 0) is 0 Å². The van der Waals surface area contributed by atoms with Crippen molar-refractivity contribution in [1.29, 1.82) is 0 Å². The number of benzene rings is 4. The van der Waals surface area contributed by atoms with Crippen LogP contribution in [0.25, 0.3) is 5.57 Å². The van der Waals surface area contributed by atoms with Crippen molar-refractivity contribution in [3.05, 3.63) is 135 Å². The zero-order valence-electron chi connectivity index (χ0n) is 33.0. The van der Waals surface area contributed by atoms with Gasteiger partial charge in [-0.3, -0.25) is 0 Å². The van der Waals surface area contributed by atoms with Crippen LogP contribution in [-0.4, -0.2) is 21.6 Å². The van der Waals surface area contributed by atoms with E-state index in [2.05, 4.69) is 136 Å². The predicted molar refractivity (Wildman–Crippen MR) is 232 cm³/mol. The molecule has 0 atom stereocenters. The molecule has 0 bridgehead atoms. The molecule has 284 valence electrons. The third kappa shape index (κ3) is 8.25. The topological polar surface area (TPSA) is 6.48 Å². The van der Waals surface area contributed by atoms with Crippen LogP contribution in [0.5, 0.6) is 0 Å². The van der Waals surface area contributed by atoms with E-state index in [1.165, 1.54) is 67.0 Å². The standard InChI is InChI=1S/C33H50N2.C15H10.2ClH.Ru/c1-7-13-26-21-28(15-9-3)32(29(22-26)16-10-4)34-19-20-35(25-34)33-30(17-11-5)23-27(14-8-2)24-31(33)18-12-6;1-2-6-12(7-3-1)15-11-10-13-8-4-5-9-14(13)15;;;/h21-24H,7-20H2,1-6H3;1-9,11H;2*1H;/q;;;;+2/p-2. The van der Waals surface area contributed by atoms with Gasteiger partial charge < -0.3 is 0 Å². The minimum absolute atomic E-state index is 0.871. The second-order valence-corrected chi connectivity index (χ2v) is 24.1. The van der Waals surface area contributed by atoms with Crippen molar-refractivity contribution in [1.82, 2.24) is 0 Å². The summed E-state index contributed by atoms with van der Waals surface area (Å²) < 4.78 is 2.27. The van der Waals surface area contributed by atoms with Crippen molar-refractivity contribution in [3.8, 4) is 0 Å². The third-order valence-corrected chi connectivity index (χ3v) is 17.5. The maximum absolute atomic E-state index is 8.33. The van der Waals surface area contributed by atoms with Crippen molar-refractivity contribution < 1.29 is 11.9 Å². The first-order valence-corrected chi connectivity index (χ1v) is 26.6. The first-order chi connectivity index (χ1) is 25.8. The summed E-state index contributed by atoms with van der Waals surface area (Å²) in [5.74, 6) is 0. The Labute approximate surface area is 331 Å². The van der Waals surface area contributed by atoms with Crippen molar-refractivity contribution in [2.75, 3.05) is 22.9 Å². The summed E-state index contributed by atoms with van der Waals surface area (Å²) >= 11 is -3.91. The number of fused-ring (bicyclic) bond motifs is 1. The Morgan fingerprint density at radius 1 is 0.509 bits per heavy atom. The normalized spacial score (nSPS) is 14.7. The number of halogens is 2. The molecule has 0 N–H and O–H groups in total. The molecule has 53 heavy (non-hydrogen) atoms. The molecule has 2 aliphatic rings. The summed E-state index contributed by atoms with van der Waals surface area (Å²) in [6.45, 7) is 15.6. The van der Waals surface area contributed by atoms with Gasteiger partial charge in [-0.15, -0.1) is 0 Å². The van der Waals surface area contributed by atoms with E-state index in [1.807, 2.05) is 0 Å². The number of allylic oxidation sites excluding steroid dienone is 1. The van der Waals surface area contributed by atoms with E-state index in [4.69, 9.17) is 19.4 Å². The van der Waals surface area contributed by atoms with Crippen LogP contribution in [0.2, 0.25) is 0 Å². The van der Waals surface area contributed by atoms with Crippen LogP contribution in [0.3, 0.4) is 0 Å². The van der Waals surface area contributed by atoms with Crippen molar-refractivity contribution in [2.45, 2.75) is 119 Å². The summed E-state index contributed by atoms with van der Waals surface area (Å²) in [5, 5.41) is 0. The molecule has 0 unspecified atom stereocenters. The van der Waals surface area contributed by atoms with Crippen LogP contribution in [-0.2, 0) is 50.4 Å². The summed E-state index contributed by atoms with van der Waals surface area (Å²) in [6.07, 6.45) is 15.4. The number of aryl methyl sites for hydroxylation is 6. The molecular formula is C48H60Cl2N2Ru. The first-order valence-electron chi connectivity index (χ1n) is 20.4. The Morgan fingerprint density at radius 2 is 0.906 bits per heavy atom. The van der Waals surface area contributed by atoms with Crippen molar-refractivity contribution in [2.24, 2.45) is 0 Å². The Hall–Kier alpha value is -2.84. The molecule has 0 radical (unpaired) electrons. The van der Waals surface area contributed by atoms with Crippen LogP contribution in [0.15, 0.2) is 84.9 Å². The van der Waals surface area contributed by atoms with Crippen molar-refractivity contribution in [3.63, 3.8) is 0 Å². The molecule has 1 fully saturated rings. The molecule has 1 aliphatic carbocycles. The van der Waals surface area contributed by atoms with Gasteiger partial charge in [0.25, 0.3) is 0 Å². The quantitative estimate of drug-likeness (QED) is 0.110. The molecule has 2 nitrogen and oxygen atoms in total. The first kappa shape index (κ1) is 39.8. The summed E-state index contributed by atoms with van der Waals surface area (Å²) in [7, 11) is 16.7. The van der Waals surface area contributed by atoms with Gasteiger partial charge in [0.2, 0.25) is 0 Å². The van der Waals surface area contributed by atoms with Gasteiger partial charge >= 0.3 is 333 Å². The van der Waals surface area contributed by atoms with E-state index in [0.717, 1.165) is 98.6 Å². The molecule has 6 rings (SSSR count). The zero-order chi connectivity index (χ0) is 37.5. The molecule has 0 amide bonds. The van der Waals surface area contributed by atoms with E-state index >= 15 is 0 Å². The molecular weight excluding hydrogens is 777 g/mol. The second-order valence-electron chi connectivity index (χ2n) is 14.8. The van der Waals surface area contributed by atoms with Crippen LogP contribution >= 0.6 is 19.4 Å². The zero-order valence-corrected chi connectivity index (χ0v) is 36.2. The van der Waals surface area contributed by atoms with E-state index in [1.54, 1.807) is 0 Å². The van der Waals surface area contributed by atoms with E-state index in [0.29, 0.717) is 0 Å². The molecule has 1 aliphatic heterocycles. The molecule has 1 heterocycles. The van der Waals surface area contributed by atoms with Crippen molar-refractivity contribution >= 4 is 44.8 Å². The molecule has 0 spiro atoms. The summed E-state index contributed by atoms with van der Waals surface area (Å²) in [4.78, 5) is 5.26. The Morgan fingerprint density at radius 3 is 1.32 bits per heavy atom. The van der Waals surface area contributed by atoms with E-state index in [9.17, 15) is 0 Å². The Kier molecular flexibility index (Phi) is 13.7. The third-order valence-electron chi connectivity index (χ3n) is 10.6. The summed E-state index contributed by atoms with van der Waals surface area (Å²) in [6, 6.07) is 29.6. The number of anilines is 2. The minimum atomic E-state index is -3.91. The van der Waals surface area contributed by atoms with Crippen LogP contribution in [0, 0.1) is 0 Å². The average Bonchev–Trinajstić information content (AvgIpc) is 3.76. The fraction of sp³-hybridized carbons (Fsp3) is 0.417. The summed E-state index contributed by atoms with van der Waals surface area (Å²) in [5.41, 5.74) is 16.3. The van der Waals surface area contributed by atoms with Crippen LogP contribution in [0.4, 0.5) is 11.4 Å².